The van der Waals surface area contributed by atoms with Gasteiger partial charge >= 0.3 is 6.09 Å². The first-order valence-electron chi connectivity index (χ1n) is 6.31. The number of hydrogen-bond donors (Lipinski definition) is 0. The minimum absolute atomic E-state index is 0.352. The number of fused-ring (bicyclic) bond motifs is 1. The summed E-state index contributed by atoms with van der Waals surface area (Å²) >= 11 is 0. The average Bonchev–Trinajstić information content (AvgIpc) is 2.63. The van der Waals surface area contributed by atoms with E-state index in [4.69, 9.17) is 4.74 Å². The standard InChI is InChI=1S/C13H19N3O3/c1-9-14-10(8-17)11-7-15(5-6-16(9)11)12(18)19-13(2,3)4/h8H,5-7H2,1-4H3. The molecule has 0 unspecified atom stereocenters. The summed E-state index contributed by atoms with van der Waals surface area (Å²) in [5.74, 6) is 0.806. The normalized spacial score (nSPS) is 15.1. The van der Waals surface area contributed by atoms with E-state index in [2.05, 4.69) is 4.98 Å². The Balaban J connectivity index is 2.18. The third-order valence-electron chi connectivity index (χ3n) is 2.99. The van der Waals surface area contributed by atoms with Crippen LogP contribution in [0.4, 0.5) is 4.79 Å². The zero-order valence-electron chi connectivity index (χ0n) is 11.8. The van der Waals surface area contributed by atoms with Crippen molar-refractivity contribution in [3.8, 4) is 0 Å². The topological polar surface area (TPSA) is 64.4 Å². The smallest absolute Gasteiger partial charge is 0.410 e. The van der Waals surface area contributed by atoms with Crippen LogP contribution in [0, 0.1) is 6.92 Å². The first-order chi connectivity index (χ1) is 8.81. The summed E-state index contributed by atoms with van der Waals surface area (Å²) in [6.45, 7) is 8.93. The first kappa shape index (κ1) is 13.6. The van der Waals surface area contributed by atoms with Gasteiger partial charge in [0.05, 0.1) is 12.2 Å². The van der Waals surface area contributed by atoms with Crippen LogP contribution in [0.25, 0.3) is 0 Å². The Morgan fingerprint density at radius 3 is 2.63 bits per heavy atom. The summed E-state index contributed by atoms with van der Waals surface area (Å²) in [5, 5.41) is 0. The highest BCUT2D eigenvalue weighted by Gasteiger charge is 2.28. The molecule has 1 aromatic heterocycles. The highest BCUT2D eigenvalue weighted by molar-refractivity contribution is 5.75. The van der Waals surface area contributed by atoms with Gasteiger partial charge in [-0.2, -0.15) is 0 Å². The van der Waals surface area contributed by atoms with Crippen molar-refractivity contribution in [2.75, 3.05) is 6.54 Å². The van der Waals surface area contributed by atoms with Crippen LogP contribution in [-0.2, 0) is 17.8 Å². The highest BCUT2D eigenvalue weighted by Crippen LogP contribution is 2.20. The van der Waals surface area contributed by atoms with Gasteiger partial charge in [-0.15, -0.1) is 0 Å². The van der Waals surface area contributed by atoms with E-state index < -0.39 is 5.60 Å². The van der Waals surface area contributed by atoms with E-state index in [1.54, 1.807) is 4.90 Å². The molecule has 1 amide bonds. The first-order valence-corrected chi connectivity index (χ1v) is 6.31. The minimum atomic E-state index is -0.516. The van der Waals surface area contributed by atoms with Gasteiger partial charge in [-0.05, 0) is 27.7 Å². The second-order valence-electron chi connectivity index (χ2n) is 5.66. The summed E-state index contributed by atoms with van der Waals surface area (Å²) < 4.78 is 7.32. The molecule has 6 heteroatoms. The summed E-state index contributed by atoms with van der Waals surface area (Å²) in [6, 6.07) is 0. The minimum Gasteiger partial charge on any atom is -0.444 e. The summed E-state index contributed by atoms with van der Waals surface area (Å²) in [4.78, 5) is 28.8. The lowest BCUT2D eigenvalue weighted by molar-refractivity contribution is 0.0197. The molecule has 19 heavy (non-hydrogen) atoms. The number of amides is 1. The number of aromatic nitrogens is 2. The number of rotatable bonds is 1. The molecular weight excluding hydrogens is 246 g/mol. The molecule has 0 spiro atoms. The fourth-order valence-corrected chi connectivity index (χ4v) is 2.15. The van der Waals surface area contributed by atoms with Gasteiger partial charge in [-0.25, -0.2) is 9.78 Å². The van der Waals surface area contributed by atoms with E-state index in [-0.39, 0.29) is 6.09 Å². The molecule has 6 nitrogen and oxygen atoms in total. The number of nitrogens with zero attached hydrogens (tertiary/aromatic N) is 3. The predicted molar refractivity (Wildman–Crippen MR) is 69.0 cm³/mol. The molecule has 2 rings (SSSR count). The molecule has 0 bridgehead atoms. The number of aryl methyl sites for hydroxylation is 1. The van der Waals surface area contributed by atoms with Gasteiger partial charge in [0.2, 0.25) is 0 Å². The molecule has 0 saturated carbocycles. The van der Waals surface area contributed by atoms with Crippen molar-refractivity contribution in [2.24, 2.45) is 0 Å². The van der Waals surface area contributed by atoms with Crippen molar-refractivity contribution in [3.63, 3.8) is 0 Å². The van der Waals surface area contributed by atoms with Gasteiger partial charge in [-0.3, -0.25) is 4.79 Å². The fraction of sp³-hybridized carbons (Fsp3) is 0.615. The molecule has 1 aliphatic rings. The summed E-state index contributed by atoms with van der Waals surface area (Å²) in [5.41, 5.74) is 0.674. The summed E-state index contributed by atoms with van der Waals surface area (Å²) in [7, 11) is 0. The van der Waals surface area contributed by atoms with E-state index in [0.717, 1.165) is 17.8 Å². The second-order valence-corrected chi connectivity index (χ2v) is 5.66. The van der Waals surface area contributed by atoms with E-state index in [1.807, 2.05) is 32.3 Å². The zero-order valence-corrected chi connectivity index (χ0v) is 11.8. The largest absolute Gasteiger partial charge is 0.444 e. The molecule has 0 N–H and O–H groups in total. The van der Waals surface area contributed by atoms with Crippen LogP contribution in [-0.4, -0.2) is 39.0 Å². The Morgan fingerprint density at radius 1 is 1.37 bits per heavy atom. The maximum Gasteiger partial charge on any atom is 0.410 e. The van der Waals surface area contributed by atoms with Crippen LogP contribution in [0.2, 0.25) is 0 Å². The van der Waals surface area contributed by atoms with Crippen LogP contribution in [0.15, 0.2) is 0 Å². The number of carbonyl (C=O) groups excluding carboxylic acids is 2. The monoisotopic (exact) mass is 265 g/mol. The number of hydrogen-bond acceptors (Lipinski definition) is 4. The van der Waals surface area contributed by atoms with Crippen molar-refractivity contribution in [2.45, 2.75) is 46.4 Å². The van der Waals surface area contributed by atoms with Gasteiger partial charge < -0.3 is 14.2 Å². The highest BCUT2D eigenvalue weighted by atomic mass is 16.6. The summed E-state index contributed by atoms with van der Waals surface area (Å²) in [6.07, 6.45) is 0.381. The van der Waals surface area contributed by atoms with Gasteiger partial charge in [0.25, 0.3) is 0 Å². The van der Waals surface area contributed by atoms with E-state index in [1.165, 1.54) is 0 Å². The molecule has 0 fully saturated rings. The fourth-order valence-electron chi connectivity index (χ4n) is 2.15. The lowest BCUT2D eigenvalue weighted by Crippen LogP contribution is -2.41. The van der Waals surface area contributed by atoms with Crippen LogP contribution in [0.3, 0.4) is 0 Å². The van der Waals surface area contributed by atoms with Crippen LogP contribution in [0.5, 0.6) is 0 Å². The Morgan fingerprint density at radius 2 is 2.05 bits per heavy atom. The second kappa shape index (κ2) is 4.68. The van der Waals surface area contributed by atoms with Crippen molar-refractivity contribution in [1.29, 1.82) is 0 Å². The van der Waals surface area contributed by atoms with Gasteiger partial charge in [0.1, 0.15) is 17.1 Å². The lowest BCUT2D eigenvalue weighted by atomic mass is 10.2. The maximum absolute atomic E-state index is 12.0. The molecule has 104 valence electrons. The van der Waals surface area contributed by atoms with Crippen molar-refractivity contribution >= 4 is 12.4 Å². The molecule has 0 aromatic carbocycles. The molecule has 1 aliphatic heterocycles. The van der Waals surface area contributed by atoms with E-state index in [0.29, 0.717) is 25.3 Å². The number of imidazole rings is 1. The Kier molecular flexibility index (Phi) is 3.34. The molecule has 2 heterocycles. The Bertz CT molecular complexity index is 514. The van der Waals surface area contributed by atoms with E-state index >= 15 is 0 Å². The third-order valence-corrected chi connectivity index (χ3v) is 2.99. The number of carbonyl (C=O) groups is 2. The molecule has 1 aromatic rings. The van der Waals surface area contributed by atoms with Crippen molar-refractivity contribution in [1.82, 2.24) is 14.5 Å². The van der Waals surface area contributed by atoms with Crippen LogP contribution in [0.1, 0.15) is 42.8 Å². The quantitative estimate of drug-likeness (QED) is 0.726. The maximum atomic E-state index is 12.0. The van der Waals surface area contributed by atoms with Gasteiger partial charge in [0.15, 0.2) is 6.29 Å². The predicted octanol–water partition coefficient (Wildman–Crippen LogP) is 1.75. The SMILES string of the molecule is Cc1nc(C=O)c2n1CCN(C(=O)OC(C)(C)C)C2. The van der Waals surface area contributed by atoms with Crippen molar-refractivity contribution < 1.29 is 14.3 Å². The van der Waals surface area contributed by atoms with Crippen LogP contribution < -0.4 is 0 Å². The molecule has 0 atom stereocenters. The lowest BCUT2D eigenvalue weighted by Gasteiger charge is -2.31. The van der Waals surface area contributed by atoms with Gasteiger partial charge in [0, 0.05) is 13.1 Å². The van der Waals surface area contributed by atoms with Crippen molar-refractivity contribution in [3.05, 3.63) is 17.2 Å². The zero-order chi connectivity index (χ0) is 14.2. The Labute approximate surface area is 112 Å². The average molecular weight is 265 g/mol. The third kappa shape index (κ3) is 2.77. The molecule has 0 saturated heterocycles. The van der Waals surface area contributed by atoms with E-state index in [9.17, 15) is 9.59 Å². The number of ether oxygens (including phenoxy) is 1. The molecule has 0 aliphatic carbocycles. The molecule has 0 radical (unpaired) electrons. The molecular formula is C13H19N3O3. The van der Waals surface area contributed by atoms with Gasteiger partial charge in [-0.1, -0.05) is 0 Å². The van der Waals surface area contributed by atoms with Crippen LogP contribution >= 0.6 is 0 Å². The number of aldehydes is 1. The Hall–Kier alpha value is -1.85.